The Morgan fingerprint density at radius 1 is 1.54 bits per heavy atom. The maximum absolute atomic E-state index is 10.7. The SMILES string of the molecule is CC(=O)NCC12CCC(CC1)N2.Cl. The molecular formula is C9H17ClN2O. The summed E-state index contributed by atoms with van der Waals surface area (Å²) >= 11 is 0. The first-order valence-corrected chi connectivity index (χ1v) is 4.72. The molecule has 2 saturated heterocycles. The van der Waals surface area contributed by atoms with Gasteiger partial charge in [0.2, 0.25) is 5.91 Å². The Bertz CT molecular complexity index is 200. The summed E-state index contributed by atoms with van der Waals surface area (Å²) in [6.45, 7) is 2.40. The van der Waals surface area contributed by atoms with Crippen LogP contribution in [0.25, 0.3) is 0 Å². The lowest BCUT2D eigenvalue weighted by atomic mass is 9.88. The van der Waals surface area contributed by atoms with E-state index in [2.05, 4.69) is 10.6 Å². The largest absolute Gasteiger partial charge is 0.354 e. The van der Waals surface area contributed by atoms with Crippen molar-refractivity contribution in [1.29, 1.82) is 0 Å². The average molecular weight is 205 g/mol. The van der Waals surface area contributed by atoms with Crippen molar-refractivity contribution in [3.8, 4) is 0 Å². The highest BCUT2D eigenvalue weighted by atomic mass is 35.5. The highest BCUT2D eigenvalue weighted by Crippen LogP contribution is 2.36. The molecule has 76 valence electrons. The predicted octanol–water partition coefficient (Wildman–Crippen LogP) is 0.829. The van der Waals surface area contributed by atoms with E-state index in [1.807, 2.05) is 0 Å². The van der Waals surface area contributed by atoms with Crippen LogP contribution in [-0.4, -0.2) is 24.0 Å². The molecule has 0 aromatic rings. The van der Waals surface area contributed by atoms with Crippen molar-refractivity contribution in [3.63, 3.8) is 0 Å². The third-order valence-electron chi connectivity index (χ3n) is 3.13. The lowest BCUT2D eigenvalue weighted by Crippen LogP contribution is -2.46. The number of fused-ring (bicyclic) bond motifs is 2. The van der Waals surface area contributed by atoms with Gasteiger partial charge in [0.25, 0.3) is 0 Å². The fourth-order valence-electron chi connectivity index (χ4n) is 2.41. The van der Waals surface area contributed by atoms with Gasteiger partial charge in [0, 0.05) is 25.0 Å². The highest BCUT2D eigenvalue weighted by molar-refractivity contribution is 5.85. The van der Waals surface area contributed by atoms with Crippen LogP contribution in [0.2, 0.25) is 0 Å². The third-order valence-corrected chi connectivity index (χ3v) is 3.13. The Kier molecular flexibility index (Phi) is 3.19. The monoisotopic (exact) mass is 204 g/mol. The molecule has 4 heteroatoms. The molecule has 0 saturated carbocycles. The van der Waals surface area contributed by atoms with Gasteiger partial charge in [-0.15, -0.1) is 12.4 Å². The van der Waals surface area contributed by atoms with E-state index < -0.39 is 0 Å². The molecule has 0 aromatic heterocycles. The minimum Gasteiger partial charge on any atom is -0.354 e. The second-order valence-corrected chi connectivity index (χ2v) is 4.11. The van der Waals surface area contributed by atoms with Gasteiger partial charge in [-0.25, -0.2) is 0 Å². The zero-order chi connectivity index (χ0) is 8.60. The quantitative estimate of drug-likeness (QED) is 0.700. The molecule has 2 bridgehead atoms. The molecule has 0 atom stereocenters. The van der Waals surface area contributed by atoms with E-state index in [0.29, 0.717) is 0 Å². The number of carbonyl (C=O) groups excluding carboxylic acids is 1. The summed E-state index contributed by atoms with van der Waals surface area (Å²) in [4.78, 5) is 10.7. The Balaban J connectivity index is 0.000000845. The van der Waals surface area contributed by atoms with Gasteiger partial charge in [-0.3, -0.25) is 4.79 Å². The molecule has 2 heterocycles. The molecule has 0 spiro atoms. The van der Waals surface area contributed by atoms with Gasteiger partial charge >= 0.3 is 0 Å². The molecule has 0 aliphatic carbocycles. The van der Waals surface area contributed by atoms with Gasteiger partial charge in [0.15, 0.2) is 0 Å². The molecule has 2 N–H and O–H groups in total. The second kappa shape index (κ2) is 3.84. The van der Waals surface area contributed by atoms with Crippen molar-refractivity contribution >= 4 is 18.3 Å². The zero-order valence-electron chi connectivity index (χ0n) is 7.93. The topological polar surface area (TPSA) is 41.1 Å². The maximum Gasteiger partial charge on any atom is 0.216 e. The number of rotatable bonds is 2. The van der Waals surface area contributed by atoms with Gasteiger partial charge in [-0.1, -0.05) is 0 Å². The summed E-state index contributed by atoms with van der Waals surface area (Å²) in [5.74, 6) is 0.0847. The van der Waals surface area contributed by atoms with Crippen LogP contribution in [0.3, 0.4) is 0 Å². The number of hydrogen-bond acceptors (Lipinski definition) is 2. The Labute approximate surface area is 85.1 Å². The maximum atomic E-state index is 10.7. The number of hydrogen-bond donors (Lipinski definition) is 2. The summed E-state index contributed by atoms with van der Waals surface area (Å²) in [5, 5.41) is 6.49. The van der Waals surface area contributed by atoms with Crippen LogP contribution in [-0.2, 0) is 4.79 Å². The van der Waals surface area contributed by atoms with Crippen LogP contribution in [0.4, 0.5) is 0 Å². The van der Waals surface area contributed by atoms with E-state index in [-0.39, 0.29) is 23.9 Å². The predicted molar refractivity (Wildman–Crippen MR) is 54.1 cm³/mol. The van der Waals surface area contributed by atoms with E-state index in [1.54, 1.807) is 6.92 Å². The zero-order valence-corrected chi connectivity index (χ0v) is 8.75. The molecule has 0 unspecified atom stereocenters. The second-order valence-electron chi connectivity index (χ2n) is 4.11. The summed E-state index contributed by atoms with van der Waals surface area (Å²) in [6, 6.07) is 0.735. The van der Waals surface area contributed by atoms with Gasteiger partial charge < -0.3 is 10.6 Å². The van der Waals surface area contributed by atoms with Crippen molar-refractivity contribution in [2.45, 2.75) is 44.2 Å². The third kappa shape index (κ3) is 2.15. The van der Waals surface area contributed by atoms with E-state index in [0.717, 1.165) is 12.6 Å². The minimum absolute atomic E-state index is 0. The van der Waals surface area contributed by atoms with Gasteiger partial charge in [0.1, 0.15) is 0 Å². The normalized spacial score (nSPS) is 35.6. The van der Waals surface area contributed by atoms with Crippen LogP contribution in [0.1, 0.15) is 32.6 Å². The fraction of sp³-hybridized carbons (Fsp3) is 0.889. The van der Waals surface area contributed by atoms with Crippen molar-refractivity contribution in [3.05, 3.63) is 0 Å². The van der Waals surface area contributed by atoms with Crippen molar-refractivity contribution in [2.24, 2.45) is 0 Å². The number of halogens is 1. The number of carbonyl (C=O) groups is 1. The minimum atomic E-state index is 0. The number of amides is 1. The average Bonchev–Trinajstić information content (AvgIpc) is 2.60. The van der Waals surface area contributed by atoms with Crippen LogP contribution in [0, 0.1) is 0 Å². The van der Waals surface area contributed by atoms with Gasteiger partial charge in [-0.05, 0) is 25.7 Å². The Morgan fingerprint density at radius 3 is 2.54 bits per heavy atom. The van der Waals surface area contributed by atoms with Crippen molar-refractivity contribution < 1.29 is 4.79 Å². The molecule has 13 heavy (non-hydrogen) atoms. The summed E-state index contributed by atoms with van der Waals surface area (Å²) in [7, 11) is 0. The molecule has 3 nitrogen and oxygen atoms in total. The molecular weight excluding hydrogens is 188 g/mol. The Morgan fingerprint density at radius 2 is 2.15 bits per heavy atom. The fourth-order valence-corrected chi connectivity index (χ4v) is 2.41. The van der Waals surface area contributed by atoms with Gasteiger partial charge in [-0.2, -0.15) is 0 Å². The number of nitrogens with one attached hydrogen (secondary N) is 2. The molecule has 1 amide bonds. The molecule has 2 fully saturated rings. The molecule has 0 aromatic carbocycles. The van der Waals surface area contributed by atoms with Crippen LogP contribution >= 0.6 is 12.4 Å². The smallest absolute Gasteiger partial charge is 0.216 e. The molecule has 0 radical (unpaired) electrons. The van der Waals surface area contributed by atoms with E-state index in [4.69, 9.17) is 0 Å². The highest BCUT2D eigenvalue weighted by Gasteiger charge is 2.43. The summed E-state index contributed by atoms with van der Waals surface area (Å²) in [6.07, 6.45) is 5.05. The van der Waals surface area contributed by atoms with E-state index >= 15 is 0 Å². The summed E-state index contributed by atoms with van der Waals surface area (Å²) < 4.78 is 0. The first kappa shape index (κ1) is 10.8. The van der Waals surface area contributed by atoms with Gasteiger partial charge in [0.05, 0.1) is 0 Å². The first-order chi connectivity index (χ1) is 5.70. The van der Waals surface area contributed by atoms with E-state index in [9.17, 15) is 4.79 Å². The molecule has 2 aliphatic rings. The van der Waals surface area contributed by atoms with Crippen LogP contribution in [0.5, 0.6) is 0 Å². The standard InChI is InChI=1S/C9H16N2O.ClH/c1-7(12)10-6-9-4-2-8(11-9)3-5-9;/h8,11H,2-6H2,1H3,(H,10,12);1H. The lowest BCUT2D eigenvalue weighted by Gasteiger charge is -2.25. The van der Waals surface area contributed by atoms with Crippen LogP contribution < -0.4 is 10.6 Å². The molecule has 2 rings (SSSR count). The lowest BCUT2D eigenvalue weighted by molar-refractivity contribution is -0.119. The van der Waals surface area contributed by atoms with Crippen molar-refractivity contribution in [2.75, 3.05) is 6.54 Å². The van der Waals surface area contributed by atoms with E-state index in [1.165, 1.54) is 25.7 Å². The Hall–Kier alpha value is -0.280. The summed E-state index contributed by atoms with van der Waals surface area (Å²) in [5.41, 5.74) is 0.260. The first-order valence-electron chi connectivity index (χ1n) is 4.72. The van der Waals surface area contributed by atoms with Crippen LogP contribution in [0.15, 0.2) is 0 Å². The van der Waals surface area contributed by atoms with Crippen molar-refractivity contribution in [1.82, 2.24) is 10.6 Å². The molecule has 2 aliphatic heterocycles.